The van der Waals surface area contributed by atoms with Crippen LogP contribution in [0, 0.1) is 16.9 Å². The van der Waals surface area contributed by atoms with Gasteiger partial charge in [-0.1, -0.05) is 13.8 Å². The lowest BCUT2D eigenvalue weighted by atomic mass is 9.90. The van der Waals surface area contributed by atoms with Gasteiger partial charge in [-0.25, -0.2) is 4.98 Å². The van der Waals surface area contributed by atoms with Crippen molar-refractivity contribution in [3.63, 3.8) is 0 Å². The monoisotopic (exact) mass is 577 g/mol. The first-order valence-electron chi connectivity index (χ1n) is 14.2. The number of nitrogens with one attached hydrogen (secondary N) is 1. The van der Waals surface area contributed by atoms with Crippen LogP contribution in [0.2, 0.25) is 0 Å². The summed E-state index contributed by atoms with van der Waals surface area (Å²) >= 11 is 0. The van der Waals surface area contributed by atoms with Gasteiger partial charge in [-0.05, 0) is 47.6 Å². The van der Waals surface area contributed by atoms with Crippen LogP contribution in [-0.4, -0.2) is 44.9 Å². The first-order valence-corrected chi connectivity index (χ1v) is 14.2. The maximum Gasteiger partial charge on any atom is 0.280 e. The first kappa shape index (κ1) is 26.7. The topological polar surface area (TPSA) is 138 Å². The zero-order valence-electron chi connectivity index (χ0n) is 24.2. The minimum absolute atomic E-state index is 0.167. The van der Waals surface area contributed by atoms with Gasteiger partial charge in [0.1, 0.15) is 17.0 Å². The molecule has 0 unspecified atom stereocenters. The van der Waals surface area contributed by atoms with Crippen molar-refractivity contribution >= 4 is 17.0 Å². The lowest BCUT2D eigenvalue weighted by Crippen LogP contribution is -2.30. The van der Waals surface area contributed by atoms with Gasteiger partial charge in [0.2, 0.25) is 0 Å². The van der Waals surface area contributed by atoms with Crippen molar-refractivity contribution in [2.45, 2.75) is 46.4 Å². The van der Waals surface area contributed by atoms with E-state index in [1.165, 1.54) is 20.4 Å². The Labute approximate surface area is 246 Å². The molecule has 1 aliphatic carbocycles. The van der Waals surface area contributed by atoms with Crippen LogP contribution < -0.4 is 16.4 Å². The highest BCUT2D eigenvalue weighted by atomic mass is 16.3. The van der Waals surface area contributed by atoms with Crippen molar-refractivity contribution in [3.8, 4) is 23.1 Å². The Morgan fingerprint density at radius 1 is 1.12 bits per heavy atom. The van der Waals surface area contributed by atoms with E-state index in [0.717, 1.165) is 18.5 Å². The zero-order valence-corrected chi connectivity index (χ0v) is 24.2. The van der Waals surface area contributed by atoms with E-state index in [2.05, 4.69) is 35.4 Å². The summed E-state index contributed by atoms with van der Waals surface area (Å²) in [6, 6.07) is 7.29. The van der Waals surface area contributed by atoms with Gasteiger partial charge in [0, 0.05) is 61.3 Å². The maximum absolute atomic E-state index is 13.7. The molecule has 2 aliphatic rings. The highest BCUT2D eigenvalue weighted by Crippen LogP contribution is 2.37. The molecule has 0 spiro atoms. The van der Waals surface area contributed by atoms with E-state index in [-0.39, 0.29) is 23.1 Å². The predicted octanol–water partition coefficient (Wildman–Crippen LogP) is 2.70. The van der Waals surface area contributed by atoms with E-state index in [0.29, 0.717) is 59.2 Å². The molecule has 0 atom stereocenters. The third-order valence-electron chi connectivity index (χ3n) is 8.47. The summed E-state index contributed by atoms with van der Waals surface area (Å²) in [5.41, 5.74) is 5.59. The average Bonchev–Trinajstić information content (AvgIpc) is 3.64. The molecule has 5 aromatic rings. The van der Waals surface area contributed by atoms with E-state index in [4.69, 9.17) is 0 Å². The maximum atomic E-state index is 13.7. The lowest BCUT2D eigenvalue weighted by molar-refractivity contribution is 0.281. The molecule has 2 N–H and O–H groups in total. The summed E-state index contributed by atoms with van der Waals surface area (Å²) in [5.74, 6) is 0.838. The van der Waals surface area contributed by atoms with E-state index >= 15 is 0 Å². The minimum Gasteiger partial charge on any atom is -0.392 e. The second-order valence-electron chi connectivity index (χ2n) is 12.1. The van der Waals surface area contributed by atoms with Gasteiger partial charge >= 0.3 is 0 Å². The number of aliphatic hydroxyl groups excluding tert-OH is 1. The Morgan fingerprint density at radius 2 is 1.95 bits per heavy atom. The number of pyridine rings is 2. The van der Waals surface area contributed by atoms with Crippen molar-refractivity contribution in [2.75, 3.05) is 11.9 Å². The summed E-state index contributed by atoms with van der Waals surface area (Å²) in [4.78, 5) is 33.0. The normalized spacial score (nSPS) is 15.4. The Balaban J connectivity index is 1.28. The summed E-state index contributed by atoms with van der Waals surface area (Å²) < 4.78 is 6.75. The Hall–Kier alpha value is -5.15. The minimum atomic E-state index is -0.364. The predicted molar refractivity (Wildman–Crippen MR) is 160 cm³/mol. The van der Waals surface area contributed by atoms with Gasteiger partial charge in [-0.2, -0.15) is 10.4 Å². The first-order chi connectivity index (χ1) is 20.7. The lowest BCUT2D eigenvalue weighted by Gasteiger charge is -2.21. The van der Waals surface area contributed by atoms with E-state index < -0.39 is 0 Å². The quantitative estimate of drug-likeness (QED) is 0.304. The summed E-state index contributed by atoms with van der Waals surface area (Å²) in [6.45, 7) is 5.72. The number of hydrogen-bond acceptors (Lipinski definition) is 8. The molecule has 6 heterocycles. The van der Waals surface area contributed by atoms with Gasteiger partial charge in [0.05, 0.1) is 25.4 Å². The molecule has 218 valence electrons. The molecule has 0 saturated carbocycles. The third-order valence-corrected chi connectivity index (χ3v) is 8.47. The van der Waals surface area contributed by atoms with Crippen molar-refractivity contribution in [1.29, 1.82) is 5.26 Å². The molecule has 1 aliphatic heterocycles. The van der Waals surface area contributed by atoms with Gasteiger partial charge in [-0.15, -0.1) is 0 Å². The molecule has 0 bridgehead atoms. The molecule has 0 saturated heterocycles. The number of nitrogens with zero attached hydrogens (tertiary/aromatic N) is 8. The molecule has 5 aromatic heterocycles. The highest BCUT2D eigenvalue weighted by molar-refractivity contribution is 5.73. The van der Waals surface area contributed by atoms with Crippen LogP contribution in [0.5, 0.6) is 0 Å². The number of hydrogen-bond donors (Lipinski definition) is 2. The summed E-state index contributed by atoms with van der Waals surface area (Å²) in [7, 11) is 1.66. The van der Waals surface area contributed by atoms with Crippen LogP contribution in [0.15, 0.2) is 58.6 Å². The molecular formula is C31H31N9O3. The standard InChI is InChI=1S/C31H31N9O3/c1-31(2)13-19-11-25-30(43)39(8-7-38(25)26(19)14-31)28-23(17-41)22(4-5-33-28)20-10-24(29(42)36(3)15-20)34-27-12-21-16-37(18-32)6-9-40(21)35-27/h4-5,7-8,10-12,15,41H,6,9,13-14,16-17H2,1-3H3,(H,34,35). The molecule has 12 heteroatoms. The largest absolute Gasteiger partial charge is 0.392 e. The Bertz CT molecular complexity index is 2090. The van der Waals surface area contributed by atoms with Crippen molar-refractivity contribution in [2.24, 2.45) is 12.5 Å². The number of fused-ring (bicyclic) bond motifs is 4. The van der Waals surface area contributed by atoms with Crippen molar-refractivity contribution in [1.82, 2.24) is 33.2 Å². The fourth-order valence-corrected chi connectivity index (χ4v) is 6.44. The number of anilines is 2. The van der Waals surface area contributed by atoms with Gasteiger partial charge < -0.3 is 24.3 Å². The Kier molecular flexibility index (Phi) is 6.03. The van der Waals surface area contributed by atoms with E-state index in [1.807, 2.05) is 27.4 Å². The smallest absolute Gasteiger partial charge is 0.280 e. The van der Waals surface area contributed by atoms with Crippen LogP contribution in [-0.2, 0) is 39.6 Å². The molecule has 0 aromatic carbocycles. The highest BCUT2D eigenvalue weighted by Gasteiger charge is 2.32. The molecule has 7 rings (SSSR count). The molecule has 0 radical (unpaired) electrons. The fraction of sp³-hybridized carbons (Fsp3) is 0.323. The average molecular weight is 578 g/mol. The number of nitriles is 1. The van der Waals surface area contributed by atoms with Crippen LogP contribution in [0.4, 0.5) is 11.5 Å². The molecule has 0 fully saturated rings. The molecular weight excluding hydrogens is 546 g/mol. The Morgan fingerprint density at radius 3 is 2.74 bits per heavy atom. The summed E-state index contributed by atoms with van der Waals surface area (Å²) in [5, 5.41) is 27.5. The van der Waals surface area contributed by atoms with Gasteiger partial charge in [-0.3, -0.25) is 18.8 Å². The van der Waals surface area contributed by atoms with Crippen molar-refractivity contribution < 1.29 is 5.11 Å². The third kappa shape index (κ3) is 4.40. The van der Waals surface area contributed by atoms with Crippen LogP contribution >= 0.6 is 0 Å². The van der Waals surface area contributed by atoms with Crippen molar-refractivity contribution in [3.05, 3.63) is 92.3 Å². The zero-order chi connectivity index (χ0) is 30.0. The van der Waals surface area contributed by atoms with Gasteiger partial charge in [0.15, 0.2) is 12.0 Å². The second kappa shape index (κ2) is 9.71. The van der Waals surface area contributed by atoms with Gasteiger partial charge in [0.25, 0.3) is 11.1 Å². The molecule has 0 amide bonds. The molecule has 12 nitrogen and oxygen atoms in total. The molecule has 43 heavy (non-hydrogen) atoms. The number of aryl methyl sites for hydroxylation is 1. The number of aromatic nitrogens is 6. The fourth-order valence-electron chi connectivity index (χ4n) is 6.44. The van der Waals surface area contributed by atoms with Crippen LogP contribution in [0.1, 0.15) is 36.4 Å². The van der Waals surface area contributed by atoms with E-state index in [9.17, 15) is 20.0 Å². The number of aliphatic hydroxyl groups is 1. The summed E-state index contributed by atoms with van der Waals surface area (Å²) in [6.07, 6.45) is 10.9. The second-order valence-corrected chi connectivity index (χ2v) is 12.1. The van der Waals surface area contributed by atoms with E-state index in [1.54, 1.807) is 42.7 Å². The SMILES string of the molecule is Cn1cc(-c2ccnc(-n3ccn4c5c(cc4c3=O)CC(C)(C)C5)c2CO)cc(Nc2cc3n(n2)CCN(C#N)C3)c1=O. The number of rotatable bonds is 5. The van der Waals surface area contributed by atoms with Crippen LogP contribution in [0.3, 0.4) is 0 Å². The van der Waals surface area contributed by atoms with Crippen LogP contribution in [0.25, 0.3) is 22.5 Å².